The zero-order valence-corrected chi connectivity index (χ0v) is 9.52. The molecule has 0 amide bonds. The van der Waals surface area contributed by atoms with Gasteiger partial charge in [-0.15, -0.1) is 0 Å². The number of unbranched alkanes of at least 4 members (excludes halogenated alkanes) is 2. The summed E-state index contributed by atoms with van der Waals surface area (Å²) in [4.78, 5) is 8.66. The molecule has 0 bridgehead atoms. The summed E-state index contributed by atoms with van der Waals surface area (Å²) >= 11 is 0. The number of aryl methyl sites for hydroxylation is 1. The van der Waals surface area contributed by atoms with Crippen LogP contribution in [0.5, 0.6) is 0 Å². The SMILES string of the molecule is CCCCCc1nc(-c2ccccn2)co1. The van der Waals surface area contributed by atoms with Crippen LogP contribution in [0.15, 0.2) is 35.1 Å². The Morgan fingerprint density at radius 1 is 1.19 bits per heavy atom. The lowest BCUT2D eigenvalue weighted by Gasteiger charge is -1.93. The molecule has 2 rings (SSSR count). The van der Waals surface area contributed by atoms with Gasteiger partial charge in [0.05, 0.1) is 5.69 Å². The van der Waals surface area contributed by atoms with Crippen LogP contribution >= 0.6 is 0 Å². The highest BCUT2D eigenvalue weighted by molar-refractivity contribution is 5.51. The van der Waals surface area contributed by atoms with E-state index in [2.05, 4.69) is 16.9 Å². The Bertz CT molecular complexity index is 423. The predicted molar refractivity (Wildman–Crippen MR) is 63.0 cm³/mol. The van der Waals surface area contributed by atoms with Crippen LogP contribution in [0.2, 0.25) is 0 Å². The molecule has 0 radical (unpaired) electrons. The summed E-state index contributed by atoms with van der Waals surface area (Å²) in [5, 5.41) is 0. The Hall–Kier alpha value is -1.64. The van der Waals surface area contributed by atoms with Crippen molar-refractivity contribution in [3.8, 4) is 11.4 Å². The second-order valence-electron chi connectivity index (χ2n) is 3.80. The Morgan fingerprint density at radius 2 is 2.12 bits per heavy atom. The van der Waals surface area contributed by atoms with Crippen molar-refractivity contribution in [1.82, 2.24) is 9.97 Å². The first-order valence-electron chi connectivity index (χ1n) is 5.76. The van der Waals surface area contributed by atoms with Crippen molar-refractivity contribution in [3.63, 3.8) is 0 Å². The van der Waals surface area contributed by atoms with Gasteiger partial charge in [-0.3, -0.25) is 4.98 Å². The molecule has 0 spiro atoms. The molecule has 3 heteroatoms. The molecular weight excluding hydrogens is 200 g/mol. The maximum Gasteiger partial charge on any atom is 0.194 e. The largest absolute Gasteiger partial charge is 0.448 e. The van der Waals surface area contributed by atoms with E-state index in [4.69, 9.17) is 4.42 Å². The highest BCUT2D eigenvalue weighted by Crippen LogP contribution is 2.16. The van der Waals surface area contributed by atoms with E-state index in [0.717, 1.165) is 30.1 Å². The third-order valence-electron chi connectivity index (χ3n) is 2.47. The molecule has 0 unspecified atom stereocenters. The van der Waals surface area contributed by atoms with Crippen molar-refractivity contribution in [2.45, 2.75) is 32.6 Å². The first-order valence-corrected chi connectivity index (χ1v) is 5.76. The third kappa shape index (κ3) is 2.69. The molecule has 0 atom stereocenters. The second-order valence-corrected chi connectivity index (χ2v) is 3.80. The highest BCUT2D eigenvalue weighted by Gasteiger charge is 2.06. The lowest BCUT2D eigenvalue weighted by Crippen LogP contribution is -1.86. The first-order chi connectivity index (χ1) is 7.90. The second kappa shape index (κ2) is 5.45. The van der Waals surface area contributed by atoms with Gasteiger partial charge >= 0.3 is 0 Å². The summed E-state index contributed by atoms with van der Waals surface area (Å²) in [7, 11) is 0. The molecule has 0 saturated carbocycles. The zero-order valence-electron chi connectivity index (χ0n) is 9.52. The van der Waals surface area contributed by atoms with E-state index in [9.17, 15) is 0 Å². The summed E-state index contributed by atoms with van der Waals surface area (Å²) in [5.74, 6) is 0.814. The smallest absolute Gasteiger partial charge is 0.194 e. The number of rotatable bonds is 5. The average molecular weight is 216 g/mol. The Morgan fingerprint density at radius 3 is 2.88 bits per heavy atom. The van der Waals surface area contributed by atoms with Crippen molar-refractivity contribution >= 4 is 0 Å². The van der Waals surface area contributed by atoms with Crippen LogP contribution in [0.3, 0.4) is 0 Å². The van der Waals surface area contributed by atoms with Crippen LogP contribution in [-0.2, 0) is 6.42 Å². The minimum Gasteiger partial charge on any atom is -0.448 e. The predicted octanol–water partition coefficient (Wildman–Crippen LogP) is 3.47. The van der Waals surface area contributed by atoms with Gasteiger partial charge in [-0.2, -0.15) is 0 Å². The molecule has 84 valence electrons. The first kappa shape index (κ1) is 10.9. The Labute approximate surface area is 95.5 Å². The van der Waals surface area contributed by atoms with E-state index in [0.29, 0.717) is 0 Å². The highest BCUT2D eigenvalue weighted by atomic mass is 16.3. The van der Waals surface area contributed by atoms with Gasteiger partial charge in [0, 0.05) is 12.6 Å². The molecule has 0 aliphatic carbocycles. The van der Waals surface area contributed by atoms with E-state index in [1.54, 1.807) is 12.5 Å². The number of hydrogen-bond donors (Lipinski definition) is 0. The molecule has 2 aromatic rings. The van der Waals surface area contributed by atoms with Crippen LogP contribution < -0.4 is 0 Å². The van der Waals surface area contributed by atoms with E-state index < -0.39 is 0 Å². The summed E-state index contributed by atoms with van der Waals surface area (Å²) in [5.41, 5.74) is 1.69. The maximum absolute atomic E-state index is 5.41. The monoisotopic (exact) mass is 216 g/mol. The molecule has 3 nitrogen and oxygen atoms in total. The van der Waals surface area contributed by atoms with Gasteiger partial charge in [0.1, 0.15) is 12.0 Å². The van der Waals surface area contributed by atoms with E-state index in [1.807, 2.05) is 18.2 Å². The molecule has 0 aliphatic rings. The van der Waals surface area contributed by atoms with Gasteiger partial charge in [-0.1, -0.05) is 25.8 Å². The molecule has 2 heterocycles. The third-order valence-corrected chi connectivity index (χ3v) is 2.47. The molecule has 0 saturated heterocycles. The Balaban J connectivity index is 2.02. The summed E-state index contributed by atoms with van der Waals surface area (Å²) in [6.07, 6.45) is 7.94. The summed E-state index contributed by atoms with van der Waals surface area (Å²) in [6.45, 7) is 2.19. The topological polar surface area (TPSA) is 38.9 Å². The fourth-order valence-electron chi connectivity index (χ4n) is 1.58. The molecule has 16 heavy (non-hydrogen) atoms. The normalized spacial score (nSPS) is 10.6. The van der Waals surface area contributed by atoms with Crippen molar-refractivity contribution in [1.29, 1.82) is 0 Å². The molecule has 2 aromatic heterocycles. The average Bonchev–Trinajstić information content (AvgIpc) is 2.79. The van der Waals surface area contributed by atoms with Gasteiger partial charge < -0.3 is 4.42 Å². The van der Waals surface area contributed by atoms with Crippen LogP contribution in [0, 0.1) is 0 Å². The number of nitrogens with zero attached hydrogens (tertiary/aromatic N) is 2. The summed E-state index contributed by atoms with van der Waals surface area (Å²) < 4.78 is 5.41. The molecule has 0 aliphatic heterocycles. The van der Waals surface area contributed by atoms with Crippen molar-refractivity contribution in [2.75, 3.05) is 0 Å². The summed E-state index contributed by atoms with van der Waals surface area (Å²) in [6, 6.07) is 5.78. The van der Waals surface area contributed by atoms with Gasteiger partial charge in [0.2, 0.25) is 0 Å². The number of oxazole rings is 1. The van der Waals surface area contributed by atoms with Crippen LogP contribution in [0.25, 0.3) is 11.4 Å². The zero-order chi connectivity index (χ0) is 11.2. The van der Waals surface area contributed by atoms with Gasteiger partial charge in [-0.05, 0) is 18.6 Å². The number of pyridine rings is 1. The minimum absolute atomic E-state index is 0.814. The van der Waals surface area contributed by atoms with Crippen LogP contribution in [0.4, 0.5) is 0 Å². The van der Waals surface area contributed by atoms with Crippen molar-refractivity contribution < 1.29 is 4.42 Å². The quantitative estimate of drug-likeness (QED) is 0.718. The van der Waals surface area contributed by atoms with Crippen molar-refractivity contribution in [3.05, 3.63) is 36.5 Å². The molecular formula is C13H16N2O. The lowest BCUT2D eigenvalue weighted by molar-refractivity contribution is 0.482. The molecule has 0 N–H and O–H groups in total. The van der Waals surface area contributed by atoms with Gasteiger partial charge in [0.15, 0.2) is 5.89 Å². The number of hydrogen-bond acceptors (Lipinski definition) is 3. The standard InChI is InChI=1S/C13H16N2O/c1-2-3-4-8-13-15-12(10-16-13)11-7-5-6-9-14-11/h5-7,9-10H,2-4,8H2,1H3. The van der Waals surface area contributed by atoms with Crippen LogP contribution in [-0.4, -0.2) is 9.97 Å². The minimum atomic E-state index is 0.814. The fourth-order valence-corrected chi connectivity index (χ4v) is 1.58. The Kier molecular flexibility index (Phi) is 3.70. The van der Waals surface area contributed by atoms with Gasteiger partial charge in [0.25, 0.3) is 0 Å². The van der Waals surface area contributed by atoms with Gasteiger partial charge in [-0.25, -0.2) is 4.98 Å². The molecule has 0 fully saturated rings. The van der Waals surface area contributed by atoms with E-state index in [-0.39, 0.29) is 0 Å². The maximum atomic E-state index is 5.41. The van der Waals surface area contributed by atoms with Crippen molar-refractivity contribution in [2.24, 2.45) is 0 Å². The fraction of sp³-hybridized carbons (Fsp3) is 0.385. The van der Waals surface area contributed by atoms with E-state index >= 15 is 0 Å². The van der Waals surface area contributed by atoms with Crippen LogP contribution in [0.1, 0.15) is 32.1 Å². The molecule has 0 aromatic carbocycles. The lowest BCUT2D eigenvalue weighted by atomic mass is 10.2. The van der Waals surface area contributed by atoms with E-state index in [1.165, 1.54) is 12.8 Å². The number of aromatic nitrogens is 2.